The van der Waals surface area contributed by atoms with Crippen molar-refractivity contribution in [1.82, 2.24) is 4.98 Å². The van der Waals surface area contributed by atoms with Crippen LogP contribution in [0.25, 0.3) is 10.2 Å². The van der Waals surface area contributed by atoms with Gasteiger partial charge in [-0.25, -0.2) is 4.98 Å². The molecule has 5 heteroatoms. The van der Waals surface area contributed by atoms with Crippen LogP contribution in [0.5, 0.6) is 0 Å². The van der Waals surface area contributed by atoms with Gasteiger partial charge in [-0.05, 0) is 36.8 Å². The number of aryl methyl sites for hydroxylation is 1. The third-order valence-electron chi connectivity index (χ3n) is 2.99. The van der Waals surface area contributed by atoms with Gasteiger partial charge < -0.3 is 11.1 Å². The van der Waals surface area contributed by atoms with E-state index in [1.54, 1.807) is 6.20 Å². The molecule has 0 aliphatic carbocycles. The molecule has 2 heterocycles. The van der Waals surface area contributed by atoms with Gasteiger partial charge in [-0.15, -0.1) is 11.3 Å². The molecule has 0 saturated heterocycles. The second-order valence-electron chi connectivity index (χ2n) is 4.52. The summed E-state index contributed by atoms with van der Waals surface area (Å²) in [7, 11) is 0. The van der Waals surface area contributed by atoms with Gasteiger partial charge >= 0.3 is 0 Å². The molecule has 4 nitrogen and oxygen atoms in total. The summed E-state index contributed by atoms with van der Waals surface area (Å²) >= 11 is 1.31. The third-order valence-corrected chi connectivity index (χ3v) is 4.11. The van der Waals surface area contributed by atoms with Crippen molar-refractivity contribution in [3.05, 3.63) is 53.0 Å². The van der Waals surface area contributed by atoms with Crippen LogP contribution in [-0.4, -0.2) is 10.9 Å². The van der Waals surface area contributed by atoms with Crippen molar-refractivity contribution in [1.29, 1.82) is 0 Å². The lowest BCUT2D eigenvalue weighted by atomic mass is 10.2. The number of nitrogens with one attached hydrogen (secondary N) is 1. The highest BCUT2D eigenvalue weighted by molar-refractivity contribution is 7.21. The lowest BCUT2D eigenvalue weighted by Crippen LogP contribution is -2.11. The highest BCUT2D eigenvalue weighted by Crippen LogP contribution is 2.32. The molecule has 20 heavy (non-hydrogen) atoms. The van der Waals surface area contributed by atoms with E-state index < -0.39 is 0 Å². The highest BCUT2D eigenvalue weighted by atomic mass is 32.1. The van der Waals surface area contributed by atoms with Gasteiger partial charge in [0.1, 0.15) is 9.71 Å². The lowest BCUT2D eigenvalue weighted by Gasteiger charge is -2.05. The van der Waals surface area contributed by atoms with Crippen molar-refractivity contribution in [2.75, 3.05) is 11.1 Å². The van der Waals surface area contributed by atoms with E-state index in [0.717, 1.165) is 21.5 Å². The standard InChI is InChI=1S/C15H13N3OS/c1-9-4-2-5-10(8-9)18-14(19)13-12(16)11-6-3-7-17-15(11)20-13/h2-8H,16H2,1H3,(H,18,19). The molecule has 0 saturated carbocycles. The summed E-state index contributed by atoms with van der Waals surface area (Å²) in [6.45, 7) is 1.98. The fourth-order valence-electron chi connectivity index (χ4n) is 2.03. The van der Waals surface area contributed by atoms with Gasteiger partial charge in [0, 0.05) is 17.3 Å². The third kappa shape index (κ3) is 2.23. The van der Waals surface area contributed by atoms with Gasteiger partial charge in [0.05, 0.1) is 5.69 Å². The quantitative estimate of drug-likeness (QED) is 0.757. The van der Waals surface area contributed by atoms with Crippen LogP contribution in [0.3, 0.4) is 0 Å². The summed E-state index contributed by atoms with van der Waals surface area (Å²) in [6, 6.07) is 11.3. The van der Waals surface area contributed by atoms with Crippen molar-refractivity contribution in [3.63, 3.8) is 0 Å². The molecule has 0 aliphatic heterocycles. The zero-order chi connectivity index (χ0) is 14.1. The van der Waals surface area contributed by atoms with Crippen molar-refractivity contribution in [2.24, 2.45) is 0 Å². The number of thiophene rings is 1. The summed E-state index contributed by atoms with van der Waals surface area (Å²) in [5.74, 6) is -0.198. The maximum atomic E-state index is 12.3. The first-order valence-corrected chi connectivity index (χ1v) is 6.98. The number of nitrogens with zero attached hydrogens (tertiary/aromatic N) is 1. The van der Waals surface area contributed by atoms with E-state index in [2.05, 4.69) is 10.3 Å². The number of nitrogen functional groups attached to an aromatic ring is 1. The average molecular weight is 283 g/mol. The zero-order valence-corrected chi connectivity index (χ0v) is 11.7. The Bertz CT molecular complexity index is 795. The van der Waals surface area contributed by atoms with Crippen molar-refractivity contribution in [2.45, 2.75) is 6.92 Å². The van der Waals surface area contributed by atoms with E-state index in [1.807, 2.05) is 43.3 Å². The van der Waals surface area contributed by atoms with Crippen LogP contribution in [0.4, 0.5) is 11.4 Å². The Hall–Kier alpha value is -2.40. The van der Waals surface area contributed by atoms with Crippen LogP contribution in [-0.2, 0) is 0 Å². The molecule has 0 bridgehead atoms. The number of benzene rings is 1. The number of carbonyl (C=O) groups is 1. The van der Waals surface area contributed by atoms with Gasteiger partial charge in [0.15, 0.2) is 0 Å². The predicted molar refractivity (Wildman–Crippen MR) is 83.2 cm³/mol. The predicted octanol–water partition coefficient (Wildman–Crippen LogP) is 3.44. The van der Waals surface area contributed by atoms with Gasteiger partial charge in [-0.3, -0.25) is 4.79 Å². The first kappa shape index (κ1) is 12.6. The molecule has 3 N–H and O–H groups in total. The molecular weight excluding hydrogens is 270 g/mol. The Morgan fingerprint density at radius 2 is 2.15 bits per heavy atom. The van der Waals surface area contributed by atoms with E-state index >= 15 is 0 Å². The first-order valence-electron chi connectivity index (χ1n) is 6.16. The molecule has 0 radical (unpaired) electrons. The summed E-state index contributed by atoms with van der Waals surface area (Å²) in [5, 5.41) is 3.69. The maximum absolute atomic E-state index is 12.3. The fraction of sp³-hybridized carbons (Fsp3) is 0.0667. The number of fused-ring (bicyclic) bond motifs is 1. The Morgan fingerprint density at radius 1 is 1.30 bits per heavy atom. The summed E-state index contributed by atoms with van der Waals surface area (Å²) < 4.78 is 0. The molecule has 0 aliphatic rings. The molecule has 0 atom stereocenters. The topological polar surface area (TPSA) is 68.0 Å². The lowest BCUT2D eigenvalue weighted by molar-refractivity contribution is 0.103. The smallest absolute Gasteiger partial charge is 0.267 e. The molecule has 0 spiro atoms. The number of carbonyl (C=O) groups excluding carboxylic acids is 1. The van der Waals surface area contributed by atoms with E-state index in [0.29, 0.717) is 10.6 Å². The summed E-state index contributed by atoms with van der Waals surface area (Å²) in [4.78, 5) is 17.8. The number of pyridine rings is 1. The maximum Gasteiger partial charge on any atom is 0.267 e. The fourth-order valence-corrected chi connectivity index (χ4v) is 2.99. The SMILES string of the molecule is Cc1cccc(NC(=O)c2sc3ncccc3c2N)c1. The van der Waals surface area contributed by atoms with Gasteiger partial charge in [-0.1, -0.05) is 12.1 Å². The van der Waals surface area contributed by atoms with E-state index in [-0.39, 0.29) is 5.91 Å². The van der Waals surface area contributed by atoms with Crippen LogP contribution in [0.1, 0.15) is 15.2 Å². The molecular formula is C15H13N3OS. The minimum Gasteiger partial charge on any atom is -0.397 e. The largest absolute Gasteiger partial charge is 0.397 e. The molecule has 1 aromatic carbocycles. The zero-order valence-electron chi connectivity index (χ0n) is 10.9. The Balaban J connectivity index is 1.95. The number of nitrogens with two attached hydrogens (primary N) is 1. The van der Waals surface area contributed by atoms with Gasteiger partial charge in [0.2, 0.25) is 0 Å². The molecule has 0 unspecified atom stereocenters. The Morgan fingerprint density at radius 3 is 2.90 bits per heavy atom. The van der Waals surface area contributed by atoms with Crippen LogP contribution in [0.15, 0.2) is 42.6 Å². The summed E-state index contributed by atoms with van der Waals surface area (Å²) in [5.41, 5.74) is 8.38. The Labute approximate surface area is 120 Å². The average Bonchev–Trinajstić information content (AvgIpc) is 2.77. The first-order chi connectivity index (χ1) is 9.65. The van der Waals surface area contributed by atoms with Crippen LogP contribution in [0, 0.1) is 6.92 Å². The van der Waals surface area contributed by atoms with E-state index in [4.69, 9.17) is 5.73 Å². The molecule has 3 aromatic rings. The minimum atomic E-state index is -0.198. The normalized spacial score (nSPS) is 10.7. The minimum absolute atomic E-state index is 0.198. The molecule has 1 amide bonds. The number of hydrogen-bond acceptors (Lipinski definition) is 4. The van der Waals surface area contributed by atoms with Crippen LogP contribution in [0.2, 0.25) is 0 Å². The van der Waals surface area contributed by atoms with Crippen molar-refractivity contribution < 1.29 is 4.79 Å². The number of aromatic nitrogens is 1. The Kier molecular flexibility index (Phi) is 3.12. The molecule has 3 rings (SSSR count). The molecule has 2 aromatic heterocycles. The number of anilines is 2. The van der Waals surface area contributed by atoms with Gasteiger partial charge in [-0.2, -0.15) is 0 Å². The molecule has 0 fully saturated rings. The van der Waals surface area contributed by atoms with E-state index in [9.17, 15) is 4.79 Å². The van der Waals surface area contributed by atoms with Crippen molar-refractivity contribution >= 4 is 38.8 Å². The van der Waals surface area contributed by atoms with E-state index in [1.165, 1.54) is 11.3 Å². The molecule has 100 valence electrons. The second kappa shape index (κ2) is 4.94. The van der Waals surface area contributed by atoms with Crippen molar-refractivity contribution in [3.8, 4) is 0 Å². The highest BCUT2D eigenvalue weighted by Gasteiger charge is 2.16. The number of rotatable bonds is 2. The number of amides is 1. The number of hydrogen-bond donors (Lipinski definition) is 2. The second-order valence-corrected chi connectivity index (χ2v) is 5.52. The van der Waals surface area contributed by atoms with Crippen LogP contribution < -0.4 is 11.1 Å². The van der Waals surface area contributed by atoms with Gasteiger partial charge in [0.25, 0.3) is 5.91 Å². The van der Waals surface area contributed by atoms with Crippen LogP contribution >= 0.6 is 11.3 Å². The monoisotopic (exact) mass is 283 g/mol. The summed E-state index contributed by atoms with van der Waals surface area (Å²) in [6.07, 6.45) is 1.69.